The van der Waals surface area contributed by atoms with Gasteiger partial charge >= 0.3 is 0 Å². The third-order valence-electron chi connectivity index (χ3n) is 3.07. The van der Waals surface area contributed by atoms with Crippen LogP contribution in [-0.4, -0.2) is 9.97 Å². The molecule has 2 aromatic carbocycles. The molecular formula is C17H15N3O. The van der Waals surface area contributed by atoms with E-state index in [1.54, 1.807) is 6.20 Å². The summed E-state index contributed by atoms with van der Waals surface area (Å²) in [7, 11) is 0. The normalized spacial score (nSPS) is 10.3. The van der Waals surface area contributed by atoms with E-state index in [2.05, 4.69) is 22.1 Å². The van der Waals surface area contributed by atoms with Crippen LogP contribution in [0.15, 0.2) is 67.0 Å². The van der Waals surface area contributed by atoms with Crippen molar-refractivity contribution in [1.82, 2.24) is 9.97 Å². The number of nitrogens with two attached hydrogens (primary N) is 1. The fourth-order valence-electron chi connectivity index (χ4n) is 2.04. The molecule has 0 saturated heterocycles. The molecule has 0 fully saturated rings. The van der Waals surface area contributed by atoms with Crippen LogP contribution in [0.25, 0.3) is 11.1 Å². The maximum Gasteiger partial charge on any atom is 0.141 e. The van der Waals surface area contributed by atoms with E-state index in [1.165, 1.54) is 6.20 Å². The molecule has 4 heteroatoms. The van der Waals surface area contributed by atoms with Crippen molar-refractivity contribution in [3.63, 3.8) is 0 Å². The number of rotatable bonds is 4. The summed E-state index contributed by atoms with van der Waals surface area (Å²) in [5, 5.41) is 0. The zero-order chi connectivity index (χ0) is 14.5. The average molecular weight is 277 g/mol. The minimum Gasteiger partial charge on any atom is -0.487 e. The van der Waals surface area contributed by atoms with Gasteiger partial charge in [-0.2, -0.15) is 0 Å². The van der Waals surface area contributed by atoms with Gasteiger partial charge in [0, 0.05) is 5.56 Å². The second-order valence-electron chi connectivity index (χ2n) is 4.58. The fourth-order valence-corrected chi connectivity index (χ4v) is 2.04. The summed E-state index contributed by atoms with van der Waals surface area (Å²) in [6, 6.07) is 18.1. The predicted octanol–water partition coefficient (Wildman–Crippen LogP) is 3.30. The molecule has 0 spiro atoms. The smallest absolute Gasteiger partial charge is 0.141 e. The molecule has 0 aliphatic rings. The first-order valence-electron chi connectivity index (χ1n) is 6.66. The molecule has 0 amide bonds. The second kappa shape index (κ2) is 6.05. The molecule has 2 N–H and O–H groups in total. The van der Waals surface area contributed by atoms with Crippen molar-refractivity contribution in [3.05, 3.63) is 72.7 Å². The molecule has 0 aliphatic carbocycles. The standard InChI is InChI=1S/C17H15N3O/c18-17-11-19-14(10-20-17)12-21-16-9-5-4-8-15(16)13-6-2-1-3-7-13/h1-11H,12H2,(H2,18,20). The Balaban J connectivity index is 1.81. The molecule has 3 rings (SSSR count). The lowest BCUT2D eigenvalue weighted by atomic mass is 10.1. The SMILES string of the molecule is Nc1cnc(COc2ccccc2-c2ccccc2)cn1. The van der Waals surface area contributed by atoms with Gasteiger partial charge in [-0.15, -0.1) is 0 Å². The van der Waals surface area contributed by atoms with Crippen LogP contribution in [0, 0.1) is 0 Å². The van der Waals surface area contributed by atoms with Crippen molar-refractivity contribution in [2.45, 2.75) is 6.61 Å². The van der Waals surface area contributed by atoms with Gasteiger partial charge in [0.15, 0.2) is 0 Å². The zero-order valence-corrected chi connectivity index (χ0v) is 11.4. The highest BCUT2D eigenvalue weighted by Gasteiger charge is 2.06. The van der Waals surface area contributed by atoms with Crippen LogP contribution >= 0.6 is 0 Å². The quantitative estimate of drug-likeness (QED) is 0.794. The number of anilines is 1. The van der Waals surface area contributed by atoms with Gasteiger partial charge in [-0.3, -0.25) is 4.98 Å². The minimum absolute atomic E-state index is 0.358. The van der Waals surface area contributed by atoms with Crippen LogP contribution in [0.5, 0.6) is 5.75 Å². The Hall–Kier alpha value is -2.88. The lowest BCUT2D eigenvalue weighted by Gasteiger charge is -2.11. The molecule has 1 aromatic heterocycles. The first-order valence-corrected chi connectivity index (χ1v) is 6.66. The van der Waals surface area contributed by atoms with Gasteiger partial charge in [0.05, 0.1) is 18.1 Å². The highest BCUT2D eigenvalue weighted by atomic mass is 16.5. The molecule has 0 saturated carbocycles. The Bertz CT molecular complexity index is 712. The fraction of sp³-hybridized carbons (Fsp3) is 0.0588. The Morgan fingerprint density at radius 1 is 0.857 bits per heavy atom. The van der Waals surface area contributed by atoms with E-state index in [-0.39, 0.29) is 0 Å². The first-order chi connectivity index (χ1) is 10.3. The monoisotopic (exact) mass is 277 g/mol. The Morgan fingerprint density at radius 2 is 1.62 bits per heavy atom. The van der Waals surface area contributed by atoms with Crippen molar-refractivity contribution in [1.29, 1.82) is 0 Å². The van der Waals surface area contributed by atoms with Crippen molar-refractivity contribution in [2.24, 2.45) is 0 Å². The largest absolute Gasteiger partial charge is 0.487 e. The molecule has 1 heterocycles. The molecule has 0 bridgehead atoms. The van der Waals surface area contributed by atoms with Gasteiger partial charge in [0.25, 0.3) is 0 Å². The molecule has 0 unspecified atom stereocenters. The summed E-state index contributed by atoms with van der Waals surface area (Å²) in [6.45, 7) is 0.358. The summed E-state index contributed by atoms with van der Waals surface area (Å²) in [6.07, 6.45) is 3.16. The molecule has 0 atom stereocenters. The number of aromatic nitrogens is 2. The van der Waals surface area contributed by atoms with Crippen LogP contribution < -0.4 is 10.5 Å². The Morgan fingerprint density at radius 3 is 2.38 bits per heavy atom. The third-order valence-corrected chi connectivity index (χ3v) is 3.07. The summed E-state index contributed by atoms with van der Waals surface area (Å²) in [4.78, 5) is 8.19. The third kappa shape index (κ3) is 3.17. The number of benzene rings is 2. The van der Waals surface area contributed by atoms with Crippen LogP contribution in [0.2, 0.25) is 0 Å². The summed E-state index contributed by atoms with van der Waals surface area (Å²) < 4.78 is 5.87. The lowest BCUT2D eigenvalue weighted by molar-refractivity contribution is 0.302. The highest BCUT2D eigenvalue weighted by molar-refractivity contribution is 5.70. The van der Waals surface area contributed by atoms with Crippen LogP contribution in [-0.2, 0) is 6.61 Å². The molecular weight excluding hydrogens is 262 g/mol. The van der Waals surface area contributed by atoms with Crippen molar-refractivity contribution in [3.8, 4) is 16.9 Å². The summed E-state index contributed by atoms with van der Waals surface area (Å²) >= 11 is 0. The minimum atomic E-state index is 0.358. The van der Waals surface area contributed by atoms with Crippen molar-refractivity contribution >= 4 is 5.82 Å². The summed E-state index contributed by atoms with van der Waals surface area (Å²) in [5.74, 6) is 1.23. The van der Waals surface area contributed by atoms with E-state index in [4.69, 9.17) is 10.5 Å². The van der Waals surface area contributed by atoms with E-state index >= 15 is 0 Å². The Kier molecular flexibility index (Phi) is 3.78. The molecule has 0 aliphatic heterocycles. The van der Waals surface area contributed by atoms with E-state index in [0.29, 0.717) is 12.4 Å². The molecule has 21 heavy (non-hydrogen) atoms. The van der Waals surface area contributed by atoms with Gasteiger partial charge in [-0.05, 0) is 11.6 Å². The predicted molar refractivity (Wildman–Crippen MR) is 82.7 cm³/mol. The van der Waals surface area contributed by atoms with E-state index in [9.17, 15) is 0 Å². The maximum atomic E-state index is 5.87. The van der Waals surface area contributed by atoms with E-state index in [1.807, 2.05) is 42.5 Å². The second-order valence-corrected chi connectivity index (χ2v) is 4.58. The van der Waals surface area contributed by atoms with Gasteiger partial charge in [-0.25, -0.2) is 4.98 Å². The number of nitrogen functional groups attached to an aromatic ring is 1. The maximum absolute atomic E-state index is 5.87. The van der Waals surface area contributed by atoms with Crippen molar-refractivity contribution in [2.75, 3.05) is 5.73 Å². The molecule has 4 nitrogen and oxygen atoms in total. The van der Waals surface area contributed by atoms with Gasteiger partial charge in [0.2, 0.25) is 0 Å². The number of hydrogen-bond acceptors (Lipinski definition) is 4. The first kappa shape index (κ1) is 13.1. The van der Waals surface area contributed by atoms with Gasteiger partial charge in [0.1, 0.15) is 18.2 Å². The average Bonchev–Trinajstić information content (AvgIpc) is 2.55. The number of ether oxygens (including phenoxy) is 1. The van der Waals surface area contributed by atoms with Crippen LogP contribution in [0.3, 0.4) is 0 Å². The number of para-hydroxylation sites is 1. The van der Waals surface area contributed by atoms with E-state index in [0.717, 1.165) is 22.6 Å². The Labute approximate surface area is 123 Å². The zero-order valence-electron chi connectivity index (χ0n) is 11.4. The summed E-state index contributed by atoms with van der Waals surface area (Å²) in [5.41, 5.74) is 8.44. The highest BCUT2D eigenvalue weighted by Crippen LogP contribution is 2.29. The lowest BCUT2D eigenvalue weighted by Crippen LogP contribution is -2.01. The van der Waals surface area contributed by atoms with Crippen LogP contribution in [0.4, 0.5) is 5.82 Å². The van der Waals surface area contributed by atoms with Crippen LogP contribution in [0.1, 0.15) is 5.69 Å². The van der Waals surface area contributed by atoms with E-state index < -0.39 is 0 Å². The topological polar surface area (TPSA) is 61.0 Å². The molecule has 104 valence electrons. The van der Waals surface area contributed by atoms with Gasteiger partial charge < -0.3 is 10.5 Å². The number of hydrogen-bond donors (Lipinski definition) is 1. The van der Waals surface area contributed by atoms with Gasteiger partial charge in [-0.1, -0.05) is 48.5 Å². The molecule has 0 radical (unpaired) electrons. The molecule has 3 aromatic rings. The van der Waals surface area contributed by atoms with Crippen molar-refractivity contribution < 1.29 is 4.74 Å². The number of nitrogens with zero attached hydrogens (tertiary/aromatic N) is 2.